The van der Waals surface area contributed by atoms with E-state index in [9.17, 15) is 9.18 Å². The first kappa shape index (κ1) is 11.1. The SMILES string of the molecule is C=CC1CC(=O)N(c2ccc(Cl)cc2F)C1. The van der Waals surface area contributed by atoms with Gasteiger partial charge in [-0.05, 0) is 18.2 Å². The van der Waals surface area contributed by atoms with Crippen LogP contribution in [0.15, 0.2) is 30.9 Å². The van der Waals surface area contributed by atoms with Crippen LogP contribution in [0.25, 0.3) is 0 Å². The van der Waals surface area contributed by atoms with Crippen molar-refractivity contribution in [3.05, 3.63) is 41.7 Å². The number of hydrogen-bond acceptors (Lipinski definition) is 1. The van der Waals surface area contributed by atoms with Gasteiger partial charge in [-0.3, -0.25) is 4.79 Å². The molecule has 2 nitrogen and oxygen atoms in total. The average molecular weight is 240 g/mol. The van der Waals surface area contributed by atoms with E-state index in [1.165, 1.54) is 17.0 Å². The summed E-state index contributed by atoms with van der Waals surface area (Å²) in [5.41, 5.74) is 0.291. The number of hydrogen-bond donors (Lipinski definition) is 0. The molecule has 2 rings (SSSR count). The van der Waals surface area contributed by atoms with E-state index in [-0.39, 0.29) is 11.8 Å². The van der Waals surface area contributed by atoms with Gasteiger partial charge in [0.2, 0.25) is 5.91 Å². The Kier molecular flexibility index (Phi) is 2.97. The summed E-state index contributed by atoms with van der Waals surface area (Å²) >= 11 is 5.66. The number of amides is 1. The molecule has 0 bridgehead atoms. The van der Waals surface area contributed by atoms with E-state index in [2.05, 4.69) is 6.58 Å². The summed E-state index contributed by atoms with van der Waals surface area (Å²) in [6.45, 7) is 4.14. The second kappa shape index (κ2) is 4.26. The highest BCUT2D eigenvalue weighted by atomic mass is 35.5. The molecular formula is C12H11ClFNO. The number of rotatable bonds is 2. The molecule has 1 aliphatic rings. The van der Waals surface area contributed by atoms with Gasteiger partial charge in [0.1, 0.15) is 5.82 Å². The summed E-state index contributed by atoms with van der Waals surface area (Å²) in [4.78, 5) is 13.1. The number of carbonyl (C=O) groups is 1. The third-order valence-electron chi connectivity index (χ3n) is 2.69. The molecule has 16 heavy (non-hydrogen) atoms. The Bertz CT molecular complexity index is 447. The van der Waals surface area contributed by atoms with Crippen LogP contribution < -0.4 is 4.90 Å². The molecule has 1 unspecified atom stereocenters. The van der Waals surface area contributed by atoms with Crippen molar-refractivity contribution in [2.75, 3.05) is 11.4 Å². The van der Waals surface area contributed by atoms with Gasteiger partial charge in [0.15, 0.2) is 0 Å². The topological polar surface area (TPSA) is 20.3 Å². The maximum absolute atomic E-state index is 13.6. The van der Waals surface area contributed by atoms with E-state index in [1.807, 2.05) is 0 Å². The highest BCUT2D eigenvalue weighted by molar-refractivity contribution is 6.30. The quantitative estimate of drug-likeness (QED) is 0.727. The molecule has 0 aliphatic carbocycles. The number of anilines is 1. The smallest absolute Gasteiger partial charge is 0.227 e. The van der Waals surface area contributed by atoms with Gasteiger partial charge in [0, 0.05) is 23.9 Å². The second-order valence-corrected chi connectivity index (χ2v) is 4.24. The van der Waals surface area contributed by atoms with Crippen molar-refractivity contribution in [2.45, 2.75) is 6.42 Å². The molecule has 0 radical (unpaired) electrons. The number of nitrogens with zero attached hydrogens (tertiary/aromatic N) is 1. The van der Waals surface area contributed by atoms with E-state index in [0.29, 0.717) is 23.7 Å². The molecule has 0 spiro atoms. The fourth-order valence-corrected chi connectivity index (χ4v) is 1.98. The van der Waals surface area contributed by atoms with Crippen molar-refractivity contribution < 1.29 is 9.18 Å². The second-order valence-electron chi connectivity index (χ2n) is 3.80. The Balaban J connectivity index is 2.31. The van der Waals surface area contributed by atoms with E-state index >= 15 is 0 Å². The summed E-state index contributed by atoms with van der Waals surface area (Å²) in [5, 5.41) is 0.327. The molecule has 0 aromatic heterocycles. The third-order valence-corrected chi connectivity index (χ3v) is 2.92. The lowest BCUT2D eigenvalue weighted by Crippen LogP contribution is -2.25. The zero-order valence-corrected chi connectivity index (χ0v) is 9.38. The van der Waals surface area contributed by atoms with Crippen LogP contribution in [-0.2, 0) is 4.79 Å². The van der Waals surface area contributed by atoms with Gasteiger partial charge >= 0.3 is 0 Å². The Morgan fingerprint density at radius 1 is 1.56 bits per heavy atom. The standard InChI is InChI=1S/C12H11ClFNO/c1-2-8-5-12(16)15(7-8)11-4-3-9(13)6-10(11)14/h2-4,6,8H,1,5,7H2. The van der Waals surface area contributed by atoms with E-state index in [4.69, 9.17) is 11.6 Å². The number of carbonyl (C=O) groups excluding carboxylic acids is 1. The summed E-state index contributed by atoms with van der Waals surface area (Å²) < 4.78 is 13.6. The number of halogens is 2. The monoisotopic (exact) mass is 239 g/mol. The first-order valence-corrected chi connectivity index (χ1v) is 5.37. The maximum atomic E-state index is 13.6. The Morgan fingerprint density at radius 2 is 2.31 bits per heavy atom. The van der Waals surface area contributed by atoms with Gasteiger partial charge in [-0.15, -0.1) is 6.58 Å². The zero-order valence-electron chi connectivity index (χ0n) is 8.62. The molecule has 0 saturated carbocycles. The van der Waals surface area contributed by atoms with Crippen LogP contribution in [-0.4, -0.2) is 12.5 Å². The van der Waals surface area contributed by atoms with Crippen molar-refractivity contribution in [3.8, 4) is 0 Å². The van der Waals surface area contributed by atoms with Crippen molar-refractivity contribution in [1.82, 2.24) is 0 Å². The molecule has 1 atom stereocenters. The fraction of sp³-hybridized carbons (Fsp3) is 0.250. The minimum atomic E-state index is -0.467. The van der Waals surface area contributed by atoms with Crippen molar-refractivity contribution >= 4 is 23.2 Å². The summed E-state index contributed by atoms with van der Waals surface area (Å²) in [6, 6.07) is 4.32. The van der Waals surface area contributed by atoms with Gasteiger partial charge < -0.3 is 4.90 Å². The van der Waals surface area contributed by atoms with Crippen LogP contribution in [0.4, 0.5) is 10.1 Å². The van der Waals surface area contributed by atoms with Gasteiger partial charge in [-0.2, -0.15) is 0 Å². The molecule has 1 heterocycles. The van der Waals surface area contributed by atoms with E-state index in [0.717, 1.165) is 0 Å². The van der Waals surface area contributed by atoms with E-state index in [1.54, 1.807) is 12.1 Å². The predicted molar refractivity (Wildman–Crippen MR) is 62.1 cm³/mol. The van der Waals surface area contributed by atoms with Crippen LogP contribution in [0.2, 0.25) is 5.02 Å². The lowest BCUT2D eigenvalue weighted by atomic mass is 10.1. The Hall–Kier alpha value is -1.35. The molecule has 1 amide bonds. The van der Waals surface area contributed by atoms with Crippen LogP contribution in [0.1, 0.15) is 6.42 Å². The summed E-state index contributed by atoms with van der Waals surface area (Å²) in [7, 11) is 0. The van der Waals surface area contributed by atoms with Crippen LogP contribution in [0.5, 0.6) is 0 Å². The molecule has 1 aromatic carbocycles. The van der Waals surface area contributed by atoms with Crippen LogP contribution >= 0.6 is 11.6 Å². The molecule has 0 N–H and O–H groups in total. The first-order chi connectivity index (χ1) is 7.61. The van der Waals surface area contributed by atoms with Crippen molar-refractivity contribution in [1.29, 1.82) is 0 Å². The third kappa shape index (κ3) is 1.95. The Morgan fingerprint density at radius 3 is 2.88 bits per heavy atom. The number of benzene rings is 1. The minimum absolute atomic E-state index is 0.0777. The van der Waals surface area contributed by atoms with E-state index < -0.39 is 5.82 Å². The molecule has 1 aromatic rings. The van der Waals surface area contributed by atoms with Crippen LogP contribution in [0, 0.1) is 11.7 Å². The van der Waals surface area contributed by atoms with Crippen LogP contribution in [0.3, 0.4) is 0 Å². The fourth-order valence-electron chi connectivity index (χ4n) is 1.83. The van der Waals surface area contributed by atoms with Crippen molar-refractivity contribution in [3.63, 3.8) is 0 Å². The zero-order chi connectivity index (χ0) is 11.7. The molecule has 1 fully saturated rings. The molecule has 4 heteroatoms. The lowest BCUT2D eigenvalue weighted by Gasteiger charge is -2.16. The average Bonchev–Trinajstić information content (AvgIpc) is 2.60. The molecule has 1 aliphatic heterocycles. The molecular weight excluding hydrogens is 229 g/mol. The van der Waals surface area contributed by atoms with Gasteiger partial charge in [-0.25, -0.2) is 4.39 Å². The highest BCUT2D eigenvalue weighted by Crippen LogP contribution is 2.29. The molecule has 84 valence electrons. The minimum Gasteiger partial charge on any atom is -0.309 e. The van der Waals surface area contributed by atoms with Gasteiger partial charge in [0.05, 0.1) is 5.69 Å². The summed E-state index contributed by atoms with van der Waals surface area (Å²) in [5.74, 6) is -0.445. The first-order valence-electron chi connectivity index (χ1n) is 5.00. The maximum Gasteiger partial charge on any atom is 0.227 e. The summed E-state index contributed by atoms with van der Waals surface area (Å²) in [6.07, 6.45) is 2.12. The molecule has 1 saturated heterocycles. The Labute approximate surface area is 98.3 Å². The van der Waals surface area contributed by atoms with Gasteiger partial charge in [-0.1, -0.05) is 17.7 Å². The normalized spacial score (nSPS) is 20.2. The largest absolute Gasteiger partial charge is 0.309 e. The van der Waals surface area contributed by atoms with Gasteiger partial charge in [0.25, 0.3) is 0 Å². The lowest BCUT2D eigenvalue weighted by molar-refractivity contribution is -0.117. The predicted octanol–water partition coefficient (Wildman–Crippen LogP) is 3.02. The van der Waals surface area contributed by atoms with Crippen molar-refractivity contribution in [2.24, 2.45) is 5.92 Å². The highest BCUT2D eigenvalue weighted by Gasteiger charge is 2.30.